The van der Waals surface area contributed by atoms with Crippen molar-refractivity contribution in [2.24, 2.45) is 0 Å². The van der Waals surface area contributed by atoms with Crippen LogP contribution in [0.1, 0.15) is 18.1 Å². The van der Waals surface area contributed by atoms with Crippen molar-refractivity contribution in [2.75, 3.05) is 17.9 Å². The smallest absolute Gasteiger partial charge is 0.264 e. The highest BCUT2D eigenvalue weighted by Gasteiger charge is 2.32. The molecule has 3 rings (SSSR count). The number of rotatable bonds is 9. The Morgan fingerprint density at radius 2 is 1.58 bits per heavy atom. The lowest BCUT2D eigenvalue weighted by atomic mass is 10.1. The highest BCUT2D eigenvalue weighted by atomic mass is 79.9. The molecule has 0 radical (unpaired) electrons. The van der Waals surface area contributed by atoms with E-state index in [0.29, 0.717) is 5.69 Å². The van der Waals surface area contributed by atoms with Gasteiger partial charge in [-0.1, -0.05) is 61.7 Å². The first-order chi connectivity index (χ1) is 17.0. The molecule has 3 aromatic carbocycles. The van der Waals surface area contributed by atoms with E-state index in [0.717, 1.165) is 24.4 Å². The van der Waals surface area contributed by atoms with Gasteiger partial charge < -0.3 is 10.2 Å². The van der Waals surface area contributed by atoms with E-state index in [1.165, 1.54) is 24.1 Å². The average Bonchev–Trinajstić information content (AvgIpc) is 2.85. The minimum absolute atomic E-state index is 0.0710. The summed E-state index contributed by atoms with van der Waals surface area (Å²) in [6.45, 7) is 3.14. The molecule has 1 atom stereocenters. The van der Waals surface area contributed by atoms with E-state index in [4.69, 9.17) is 0 Å². The lowest BCUT2D eigenvalue weighted by molar-refractivity contribution is -0.139. The van der Waals surface area contributed by atoms with Gasteiger partial charge in [0.25, 0.3) is 10.0 Å². The molecule has 190 valence electrons. The monoisotopic (exact) mass is 635 g/mol. The van der Waals surface area contributed by atoms with E-state index in [1.54, 1.807) is 43.3 Å². The topological polar surface area (TPSA) is 86.8 Å². The lowest BCUT2D eigenvalue weighted by Gasteiger charge is -2.31. The molecule has 0 saturated heterocycles. The van der Waals surface area contributed by atoms with Gasteiger partial charge in [0.15, 0.2) is 0 Å². The van der Waals surface area contributed by atoms with Gasteiger partial charge in [0, 0.05) is 22.5 Å². The first kappa shape index (κ1) is 27.9. The van der Waals surface area contributed by atoms with Crippen LogP contribution in [0.15, 0.2) is 86.6 Å². The third-order valence-electron chi connectivity index (χ3n) is 5.66. The molecule has 0 heterocycles. The molecule has 0 fully saturated rings. The number of carbonyl (C=O) groups is 2. The largest absolute Gasteiger partial charge is 0.357 e. The maximum Gasteiger partial charge on any atom is 0.264 e. The first-order valence-corrected chi connectivity index (χ1v) is 14.2. The van der Waals surface area contributed by atoms with E-state index in [-0.39, 0.29) is 17.3 Å². The van der Waals surface area contributed by atoms with Crippen molar-refractivity contribution >= 4 is 59.4 Å². The van der Waals surface area contributed by atoms with E-state index in [1.807, 2.05) is 31.2 Å². The molecule has 3 aromatic rings. The van der Waals surface area contributed by atoms with Gasteiger partial charge in [-0.3, -0.25) is 13.9 Å². The van der Waals surface area contributed by atoms with Gasteiger partial charge in [0.1, 0.15) is 12.6 Å². The molecular formula is C26H27Br2N3O4S. The van der Waals surface area contributed by atoms with Crippen molar-refractivity contribution in [3.8, 4) is 0 Å². The second-order valence-electron chi connectivity index (χ2n) is 8.24. The van der Waals surface area contributed by atoms with Crippen LogP contribution in [-0.4, -0.2) is 44.8 Å². The molecule has 0 aliphatic heterocycles. The molecule has 1 N–H and O–H groups in total. The fraction of sp³-hybridized carbons (Fsp3) is 0.231. The number of hydrogen-bond acceptors (Lipinski definition) is 4. The molecule has 2 amide bonds. The summed E-state index contributed by atoms with van der Waals surface area (Å²) in [7, 11) is -2.58. The zero-order chi connectivity index (χ0) is 26.5. The summed E-state index contributed by atoms with van der Waals surface area (Å²) < 4.78 is 30.1. The Balaban J connectivity index is 2.02. The predicted octanol–water partition coefficient (Wildman–Crippen LogP) is 4.88. The summed E-state index contributed by atoms with van der Waals surface area (Å²) in [5.74, 6) is -0.861. The quantitative estimate of drug-likeness (QED) is 0.363. The van der Waals surface area contributed by atoms with Gasteiger partial charge in [-0.25, -0.2) is 8.42 Å². The third kappa shape index (κ3) is 6.74. The molecule has 0 aromatic heterocycles. The molecule has 7 nitrogen and oxygen atoms in total. The van der Waals surface area contributed by atoms with Crippen LogP contribution in [-0.2, 0) is 26.2 Å². The zero-order valence-corrected chi connectivity index (χ0v) is 24.1. The molecular weight excluding hydrogens is 610 g/mol. The number of amides is 2. The molecule has 36 heavy (non-hydrogen) atoms. The number of nitrogens with one attached hydrogen (secondary N) is 1. The standard InChI is InChI=1S/C26H27Br2N3O4S/c1-18-7-13-24(14-8-18)36(34,35)31(23-11-9-21(27)10-12-23)17-25(32)30(19(2)26(33)29-3)16-20-5-4-6-22(28)15-20/h4-15,19H,16-17H2,1-3H3,(H,29,33)/t19-/m1/s1. The predicted molar refractivity (Wildman–Crippen MR) is 148 cm³/mol. The van der Waals surface area contributed by atoms with E-state index >= 15 is 0 Å². The molecule has 0 saturated carbocycles. The number of nitrogens with zero attached hydrogens (tertiary/aromatic N) is 2. The summed E-state index contributed by atoms with van der Waals surface area (Å²) in [5.41, 5.74) is 2.05. The van der Waals surface area contributed by atoms with Gasteiger partial charge >= 0.3 is 0 Å². The SMILES string of the molecule is CNC(=O)[C@@H](C)N(Cc1cccc(Br)c1)C(=O)CN(c1ccc(Br)cc1)S(=O)(=O)c1ccc(C)cc1. The number of likely N-dealkylation sites (N-methyl/N-ethyl adjacent to an activating group) is 1. The summed E-state index contributed by atoms with van der Waals surface area (Å²) in [6.07, 6.45) is 0. The zero-order valence-electron chi connectivity index (χ0n) is 20.1. The van der Waals surface area contributed by atoms with Crippen LogP contribution in [0.25, 0.3) is 0 Å². The molecule has 0 unspecified atom stereocenters. The van der Waals surface area contributed by atoms with Gasteiger partial charge in [-0.2, -0.15) is 0 Å². The van der Waals surface area contributed by atoms with Crippen LogP contribution in [0.3, 0.4) is 0 Å². The van der Waals surface area contributed by atoms with E-state index < -0.39 is 28.5 Å². The van der Waals surface area contributed by atoms with Gasteiger partial charge in [0.05, 0.1) is 10.6 Å². The minimum atomic E-state index is -4.08. The van der Waals surface area contributed by atoms with Crippen molar-refractivity contribution in [1.29, 1.82) is 0 Å². The number of benzene rings is 3. The van der Waals surface area contributed by atoms with Crippen LogP contribution in [0.5, 0.6) is 0 Å². The van der Waals surface area contributed by atoms with Crippen LogP contribution >= 0.6 is 31.9 Å². The minimum Gasteiger partial charge on any atom is -0.357 e. The summed E-state index contributed by atoms with van der Waals surface area (Å²) >= 11 is 6.79. The number of hydrogen-bond donors (Lipinski definition) is 1. The molecule has 0 bridgehead atoms. The van der Waals surface area contributed by atoms with Crippen molar-refractivity contribution < 1.29 is 18.0 Å². The van der Waals surface area contributed by atoms with Crippen LogP contribution in [0, 0.1) is 6.92 Å². The number of sulfonamides is 1. The molecule has 0 spiro atoms. The van der Waals surface area contributed by atoms with Crippen molar-refractivity contribution in [2.45, 2.75) is 31.3 Å². The second kappa shape index (κ2) is 12.0. The highest BCUT2D eigenvalue weighted by Crippen LogP contribution is 2.26. The second-order valence-corrected chi connectivity index (χ2v) is 11.9. The Kier molecular flexibility index (Phi) is 9.32. The van der Waals surface area contributed by atoms with Crippen LogP contribution in [0.2, 0.25) is 0 Å². The van der Waals surface area contributed by atoms with E-state index in [9.17, 15) is 18.0 Å². The van der Waals surface area contributed by atoms with Crippen molar-refractivity contribution in [3.63, 3.8) is 0 Å². The summed E-state index contributed by atoms with van der Waals surface area (Å²) in [6, 6.07) is 19.7. The Morgan fingerprint density at radius 3 is 2.17 bits per heavy atom. The summed E-state index contributed by atoms with van der Waals surface area (Å²) in [5, 5.41) is 2.57. The third-order valence-corrected chi connectivity index (χ3v) is 8.47. The Hall–Kier alpha value is -2.69. The number of carbonyl (C=O) groups excluding carboxylic acids is 2. The van der Waals surface area contributed by atoms with E-state index in [2.05, 4.69) is 37.2 Å². The molecule has 0 aliphatic rings. The van der Waals surface area contributed by atoms with Gasteiger partial charge in [-0.15, -0.1) is 0 Å². The van der Waals surface area contributed by atoms with Crippen LogP contribution < -0.4 is 9.62 Å². The number of aryl methyl sites for hydroxylation is 1. The molecule has 0 aliphatic carbocycles. The van der Waals surface area contributed by atoms with Crippen molar-refractivity contribution in [1.82, 2.24) is 10.2 Å². The first-order valence-electron chi connectivity index (χ1n) is 11.1. The maximum absolute atomic E-state index is 13.7. The number of halogens is 2. The Labute approximate surface area is 228 Å². The normalized spacial score (nSPS) is 12.0. The van der Waals surface area contributed by atoms with Crippen LogP contribution in [0.4, 0.5) is 5.69 Å². The lowest BCUT2D eigenvalue weighted by Crippen LogP contribution is -2.50. The van der Waals surface area contributed by atoms with Gasteiger partial charge in [0.2, 0.25) is 11.8 Å². The Bertz CT molecular complexity index is 1330. The molecule has 10 heteroatoms. The fourth-order valence-electron chi connectivity index (χ4n) is 3.60. The highest BCUT2D eigenvalue weighted by molar-refractivity contribution is 9.10. The van der Waals surface area contributed by atoms with Gasteiger partial charge in [-0.05, 0) is 67.9 Å². The Morgan fingerprint density at radius 1 is 0.944 bits per heavy atom. The maximum atomic E-state index is 13.7. The number of anilines is 1. The van der Waals surface area contributed by atoms with Crippen molar-refractivity contribution in [3.05, 3.63) is 92.9 Å². The fourth-order valence-corrected chi connectivity index (χ4v) is 5.72. The average molecular weight is 637 g/mol. The summed E-state index contributed by atoms with van der Waals surface area (Å²) in [4.78, 5) is 27.7.